The van der Waals surface area contributed by atoms with Gasteiger partial charge in [0.05, 0.1) is 0 Å². The summed E-state index contributed by atoms with van der Waals surface area (Å²) < 4.78 is 0. The number of hydrogen-bond donors (Lipinski definition) is 3. The number of nitrogens with one attached hydrogen (secondary N) is 1. The van der Waals surface area contributed by atoms with Crippen LogP contribution in [0, 0.1) is 0 Å². The van der Waals surface area contributed by atoms with Gasteiger partial charge >= 0.3 is 0 Å². The number of hydrogen-bond acceptors (Lipinski definition) is 6. The maximum atomic E-state index is 11.1. The molecule has 2 aromatic carbocycles. The van der Waals surface area contributed by atoms with Crippen LogP contribution in [-0.2, 0) is 4.79 Å². The standard InChI is InChI=1S/C17H17ClN6O.ClH/c1-10(25)21-13-6-2-11(3-7-13)15-22-16(19)23-17(20)24(15)14-8-4-12(18)5-9-14;/h2-9,15H,1H3,(H,21,25)(H4,19,20,22,23);1H. The number of anilines is 2. The second-order valence-corrected chi connectivity index (χ2v) is 5.92. The van der Waals surface area contributed by atoms with Crippen LogP contribution in [0.1, 0.15) is 18.7 Å². The normalized spacial score (nSPS) is 16.2. The van der Waals surface area contributed by atoms with E-state index in [9.17, 15) is 4.79 Å². The number of halogens is 2. The molecule has 0 aromatic heterocycles. The lowest BCUT2D eigenvalue weighted by Gasteiger charge is -2.32. The molecule has 1 aliphatic heterocycles. The summed E-state index contributed by atoms with van der Waals surface area (Å²) in [6, 6.07) is 14.5. The Morgan fingerprint density at radius 1 is 1.12 bits per heavy atom. The van der Waals surface area contributed by atoms with Crippen LogP contribution in [-0.4, -0.2) is 17.8 Å². The molecule has 7 nitrogen and oxygen atoms in total. The number of benzene rings is 2. The third kappa shape index (κ3) is 4.25. The molecule has 1 atom stereocenters. The summed E-state index contributed by atoms with van der Waals surface area (Å²) in [5, 5.41) is 3.35. The smallest absolute Gasteiger partial charge is 0.221 e. The molecule has 0 bridgehead atoms. The van der Waals surface area contributed by atoms with E-state index >= 15 is 0 Å². The third-order valence-electron chi connectivity index (χ3n) is 3.61. The van der Waals surface area contributed by atoms with Crippen molar-refractivity contribution in [2.45, 2.75) is 13.1 Å². The molecule has 0 spiro atoms. The number of amides is 1. The highest BCUT2D eigenvalue weighted by Gasteiger charge is 2.27. The van der Waals surface area contributed by atoms with E-state index in [0.29, 0.717) is 10.7 Å². The van der Waals surface area contributed by atoms with Crippen molar-refractivity contribution in [3.63, 3.8) is 0 Å². The van der Waals surface area contributed by atoms with Gasteiger partial charge in [0.25, 0.3) is 0 Å². The second-order valence-electron chi connectivity index (χ2n) is 5.48. The summed E-state index contributed by atoms with van der Waals surface area (Å²) in [6.45, 7) is 1.46. The average Bonchev–Trinajstić information content (AvgIpc) is 2.55. The van der Waals surface area contributed by atoms with E-state index in [0.717, 1.165) is 11.3 Å². The summed E-state index contributed by atoms with van der Waals surface area (Å²) in [7, 11) is 0. The molecule has 0 saturated heterocycles. The maximum Gasteiger partial charge on any atom is 0.221 e. The molecule has 3 rings (SSSR count). The first-order valence-corrected chi connectivity index (χ1v) is 7.91. The largest absolute Gasteiger partial charge is 0.369 e. The Morgan fingerprint density at radius 3 is 2.31 bits per heavy atom. The number of carbonyl (C=O) groups excluding carboxylic acids is 1. The molecule has 1 heterocycles. The summed E-state index contributed by atoms with van der Waals surface area (Å²) in [5.74, 6) is 0.219. The quantitative estimate of drug-likeness (QED) is 0.745. The van der Waals surface area contributed by atoms with Crippen molar-refractivity contribution in [2.75, 3.05) is 10.2 Å². The van der Waals surface area contributed by atoms with E-state index in [1.807, 2.05) is 24.3 Å². The topological polar surface area (TPSA) is 109 Å². The molecule has 26 heavy (non-hydrogen) atoms. The highest BCUT2D eigenvalue weighted by molar-refractivity contribution is 6.30. The van der Waals surface area contributed by atoms with E-state index in [1.54, 1.807) is 29.2 Å². The van der Waals surface area contributed by atoms with Crippen LogP contribution in [0.4, 0.5) is 11.4 Å². The Hall–Kier alpha value is -2.77. The minimum Gasteiger partial charge on any atom is -0.369 e. The van der Waals surface area contributed by atoms with Crippen molar-refractivity contribution in [3.8, 4) is 0 Å². The van der Waals surface area contributed by atoms with Crippen LogP contribution in [0.3, 0.4) is 0 Å². The molecule has 0 radical (unpaired) electrons. The Kier molecular flexibility index (Phi) is 6.07. The first-order chi connectivity index (χ1) is 11.9. The van der Waals surface area contributed by atoms with Gasteiger partial charge in [0.1, 0.15) is 0 Å². The van der Waals surface area contributed by atoms with Gasteiger partial charge in [-0.25, -0.2) is 4.99 Å². The molecular weight excluding hydrogens is 375 g/mol. The van der Waals surface area contributed by atoms with E-state index in [-0.39, 0.29) is 30.2 Å². The molecule has 9 heteroatoms. The number of nitrogens with zero attached hydrogens (tertiary/aromatic N) is 3. The summed E-state index contributed by atoms with van der Waals surface area (Å²) in [5.41, 5.74) is 14.2. The third-order valence-corrected chi connectivity index (χ3v) is 3.86. The zero-order chi connectivity index (χ0) is 18.0. The van der Waals surface area contributed by atoms with Gasteiger partial charge in [-0.1, -0.05) is 23.7 Å². The van der Waals surface area contributed by atoms with Gasteiger partial charge in [-0.2, -0.15) is 4.99 Å². The van der Waals surface area contributed by atoms with Crippen LogP contribution >= 0.6 is 24.0 Å². The van der Waals surface area contributed by atoms with Gasteiger partial charge < -0.3 is 16.8 Å². The molecule has 2 aromatic rings. The molecule has 5 N–H and O–H groups in total. The molecule has 0 aliphatic carbocycles. The van der Waals surface area contributed by atoms with Crippen molar-refractivity contribution in [1.29, 1.82) is 0 Å². The van der Waals surface area contributed by atoms with Crippen molar-refractivity contribution in [3.05, 3.63) is 59.1 Å². The number of rotatable bonds is 3. The van der Waals surface area contributed by atoms with Gasteiger partial charge in [0.2, 0.25) is 17.8 Å². The molecule has 1 amide bonds. The van der Waals surface area contributed by atoms with Crippen LogP contribution in [0.25, 0.3) is 0 Å². The van der Waals surface area contributed by atoms with Gasteiger partial charge in [-0.05, 0) is 42.0 Å². The van der Waals surface area contributed by atoms with Crippen LogP contribution in [0.2, 0.25) is 5.02 Å². The Bertz CT molecular complexity index is 849. The number of aliphatic imine (C=N–C) groups is 2. The van der Waals surface area contributed by atoms with Gasteiger partial charge in [0.15, 0.2) is 6.17 Å². The summed E-state index contributed by atoms with van der Waals surface area (Å²) >= 11 is 5.96. The van der Waals surface area contributed by atoms with Crippen LogP contribution in [0.15, 0.2) is 58.5 Å². The lowest BCUT2D eigenvalue weighted by atomic mass is 10.1. The molecule has 0 fully saturated rings. The predicted molar refractivity (Wildman–Crippen MR) is 108 cm³/mol. The Balaban J connectivity index is 0.00000243. The lowest BCUT2D eigenvalue weighted by molar-refractivity contribution is -0.114. The molecule has 1 unspecified atom stereocenters. The van der Waals surface area contributed by atoms with Crippen molar-refractivity contribution in [1.82, 2.24) is 0 Å². The van der Waals surface area contributed by atoms with Crippen LogP contribution in [0.5, 0.6) is 0 Å². The summed E-state index contributed by atoms with van der Waals surface area (Å²) in [6.07, 6.45) is -0.468. The van der Waals surface area contributed by atoms with Gasteiger partial charge in [-0.15, -0.1) is 12.4 Å². The van der Waals surface area contributed by atoms with Crippen molar-refractivity contribution < 1.29 is 4.79 Å². The Morgan fingerprint density at radius 2 is 1.73 bits per heavy atom. The zero-order valence-corrected chi connectivity index (χ0v) is 15.5. The zero-order valence-electron chi connectivity index (χ0n) is 13.9. The number of guanidine groups is 2. The van der Waals surface area contributed by atoms with E-state index in [4.69, 9.17) is 23.1 Å². The minimum absolute atomic E-state index is 0. The Labute approximate surface area is 162 Å². The fourth-order valence-corrected chi connectivity index (χ4v) is 2.68. The van der Waals surface area contributed by atoms with Gasteiger partial charge in [0, 0.05) is 23.3 Å². The highest BCUT2D eigenvalue weighted by Crippen LogP contribution is 2.31. The fraction of sp³-hybridized carbons (Fsp3) is 0.118. The minimum atomic E-state index is -0.468. The highest BCUT2D eigenvalue weighted by atomic mass is 35.5. The predicted octanol–water partition coefficient (Wildman–Crippen LogP) is 2.87. The van der Waals surface area contributed by atoms with Crippen molar-refractivity contribution >= 4 is 53.2 Å². The monoisotopic (exact) mass is 392 g/mol. The summed E-state index contributed by atoms with van der Waals surface area (Å²) in [4.78, 5) is 21.4. The number of nitrogens with two attached hydrogens (primary N) is 2. The first-order valence-electron chi connectivity index (χ1n) is 7.54. The SMILES string of the molecule is CC(=O)Nc1ccc(C2N=C(N)N=C(N)N2c2ccc(Cl)cc2)cc1.Cl. The number of carbonyl (C=O) groups is 1. The molecule has 0 saturated carbocycles. The van der Waals surface area contributed by atoms with E-state index in [2.05, 4.69) is 15.3 Å². The molecule has 1 aliphatic rings. The van der Waals surface area contributed by atoms with E-state index < -0.39 is 6.17 Å². The first kappa shape index (κ1) is 19.6. The maximum absolute atomic E-state index is 11.1. The molecular formula is C17H18Cl2N6O. The lowest BCUT2D eigenvalue weighted by Crippen LogP contribution is -2.44. The molecule has 136 valence electrons. The van der Waals surface area contributed by atoms with Crippen molar-refractivity contribution in [2.24, 2.45) is 21.5 Å². The average molecular weight is 393 g/mol. The van der Waals surface area contributed by atoms with E-state index in [1.165, 1.54) is 6.92 Å². The van der Waals surface area contributed by atoms with Gasteiger partial charge in [-0.3, -0.25) is 9.69 Å². The fourth-order valence-electron chi connectivity index (χ4n) is 2.55. The van der Waals surface area contributed by atoms with Crippen LogP contribution < -0.4 is 21.7 Å². The second kappa shape index (κ2) is 8.07.